The molecule has 0 aliphatic carbocycles. The van der Waals surface area contributed by atoms with Gasteiger partial charge in [-0.05, 0) is 23.6 Å². The van der Waals surface area contributed by atoms with Gasteiger partial charge in [0.2, 0.25) is 6.41 Å². The molecule has 0 spiro atoms. The van der Waals surface area contributed by atoms with Gasteiger partial charge in [0, 0.05) is 22.7 Å². The molecule has 15 heavy (non-hydrogen) atoms. The van der Waals surface area contributed by atoms with Crippen LogP contribution in [0, 0.1) is 0 Å². The third-order valence-electron chi connectivity index (χ3n) is 2.61. The molecule has 1 aromatic rings. The Hall–Kier alpha value is -0.670. The van der Waals surface area contributed by atoms with Crippen molar-refractivity contribution < 1.29 is 4.79 Å². The SMILES string of the molecule is CC1CSc2c1cc(Cl)cc2N(C)C=O. The van der Waals surface area contributed by atoms with Crippen LogP contribution in [0.5, 0.6) is 0 Å². The summed E-state index contributed by atoms with van der Waals surface area (Å²) >= 11 is 7.84. The Morgan fingerprint density at radius 1 is 1.60 bits per heavy atom. The van der Waals surface area contributed by atoms with Crippen molar-refractivity contribution in [2.75, 3.05) is 17.7 Å². The Balaban J connectivity index is 2.56. The molecule has 0 N–H and O–H groups in total. The van der Waals surface area contributed by atoms with Gasteiger partial charge in [0.15, 0.2) is 0 Å². The van der Waals surface area contributed by atoms with E-state index in [2.05, 4.69) is 6.92 Å². The zero-order valence-corrected chi connectivity index (χ0v) is 10.2. The number of halogens is 1. The topological polar surface area (TPSA) is 20.3 Å². The van der Waals surface area contributed by atoms with Crippen molar-refractivity contribution in [1.29, 1.82) is 0 Å². The number of rotatable bonds is 2. The molecule has 1 atom stereocenters. The van der Waals surface area contributed by atoms with Crippen LogP contribution < -0.4 is 4.90 Å². The third kappa shape index (κ3) is 1.86. The Kier molecular flexibility index (Phi) is 2.94. The van der Waals surface area contributed by atoms with Crippen molar-refractivity contribution >= 4 is 35.5 Å². The molecule has 2 rings (SSSR count). The number of carbonyl (C=O) groups is 1. The molecule has 1 aromatic carbocycles. The smallest absolute Gasteiger partial charge is 0.213 e. The highest BCUT2D eigenvalue weighted by atomic mass is 35.5. The summed E-state index contributed by atoms with van der Waals surface area (Å²) < 4.78 is 0. The minimum atomic E-state index is 0.516. The number of nitrogens with zero attached hydrogens (tertiary/aromatic N) is 1. The van der Waals surface area contributed by atoms with Crippen molar-refractivity contribution in [2.45, 2.75) is 17.7 Å². The fourth-order valence-corrected chi connectivity index (χ4v) is 3.33. The van der Waals surface area contributed by atoms with E-state index in [1.807, 2.05) is 12.1 Å². The predicted octanol–water partition coefficient (Wildman–Crippen LogP) is 3.14. The second kappa shape index (κ2) is 4.06. The number of amides is 1. The minimum absolute atomic E-state index is 0.516. The van der Waals surface area contributed by atoms with Crippen LogP contribution in [0.25, 0.3) is 0 Å². The van der Waals surface area contributed by atoms with Crippen LogP contribution in [0.2, 0.25) is 5.02 Å². The van der Waals surface area contributed by atoms with E-state index in [0.29, 0.717) is 10.9 Å². The lowest BCUT2D eigenvalue weighted by Crippen LogP contribution is -2.14. The number of fused-ring (bicyclic) bond motifs is 1. The molecular formula is C11H12ClNOS. The first-order valence-corrected chi connectivity index (χ1v) is 6.14. The summed E-state index contributed by atoms with van der Waals surface area (Å²) in [6, 6.07) is 3.85. The van der Waals surface area contributed by atoms with Crippen molar-refractivity contribution in [3.63, 3.8) is 0 Å². The molecule has 1 amide bonds. The van der Waals surface area contributed by atoms with Crippen LogP contribution in [0.4, 0.5) is 5.69 Å². The van der Waals surface area contributed by atoms with Gasteiger partial charge in [0.1, 0.15) is 0 Å². The van der Waals surface area contributed by atoms with E-state index in [-0.39, 0.29) is 0 Å². The Labute approximate surface area is 98.6 Å². The summed E-state index contributed by atoms with van der Waals surface area (Å²) in [6.07, 6.45) is 0.815. The summed E-state index contributed by atoms with van der Waals surface area (Å²) in [7, 11) is 1.75. The van der Waals surface area contributed by atoms with E-state index in [4.69, 9.17) is 11.6 Å². The molecule has 0 saturated heterocycles. The highest BCUT2D eigenvalue weighted by Gasteiger charge is 2.24. The molecule has 1 aliphatic heterocycles. The fraction of sp³-hybridized carbons (Fsp3) is 0.364. The highest BCUT2D eigenvalue weighted by Crippen LogP contribution is 2.45. The molecular weight excluding hydrogens is 230 g/mol. The zero-order chi connectivity index (χ0) is 11.0. The normalized spacial score (nSPS) is 18.7. The quantitative estimate of drug-likeness (QED) is 0.742. The first-order valence-electron chi connectivity index (χ1n) is 4.78. The van der Waals surface area contributed by atoms with Crippen molar-refractivity contribution in [1.82, 2.24) is 0 Å². The zero-order valence-electron chi connectivity index (χ0n) is 8.66. The average Bonchev–Trinajstić information content (AvgIpc) is 2.58. The van der Waals surface area contributed by atoms with Crippen LogP contribution in [0.15, 0.2) is 17.0 Å². The molecule has 1 aliphatic rings. The largest absolute Gasteiger partial charge is 0.317 e. The molecule has 1 unspecified atom stereocenters. The van der Waals surface area contributed by atoms with Crippen molar-refractivity contribution in [3.8, 4) is 0 Å². The lowest BCUT2D eigenvalue weighted by atomic mass is 10.0. The fourth-order valence-electron chi connectivity index (χ4n) is 1.74. The van der Waals surface area contributed by atoms with Gasteiger partial charge in [-0.1, -0.05) is 18.5 Å². The van der Waals surface area contributed by atoms with E-state index >= 15 is 0 Å². The van der Waals surface area contributed by atoms with Crippen LogP contribution >= 0.6 is 23.4 Å². The van der Waals surface area contributed by atoms with Crippen LogP contribution in [-0.4, -0.2) is 19.2 Å². The maximum Gasteiger partial charge on any atom is 0.213 e. The van der Waals surface area contributed by atoms with Crippen LogP contribution in [-0.2, 0) is 4.79 Å². The number of benzene rings is 1. The predicted molar refractivity (Wildman–Crippen MR) is 65.1 cm³/mol. The first kappa shape index (κ1) is 10.8. The van der Waals surface area contributed by atoms with E-state index in [1.54, 1.807) is 23.7 Å². The second-order valence-electron chi connectivity index (χ2n) is 3.77. The van der Waals surface area contributed by atoms with Gasteiger partial charge in [-0.25, -0.2) is 0 Å². The molecule has 0 aromatic heterocycles. The standard InChI is InChI=1S/C11H12ClNOS/c1-7-5-15-11-9(7)3-8(12)4-10(11)13(2)6-14/h3-4,6-7H,5H2,1-2H3. The Morgan fingerprint density at radius 3 is 3.00 bits per heavy atom. The monoisotopic (exact) mass is 241 g/mol. The maximum absolute atomic E-state index is 10.8. The van der Waals surface area contributed by atoms with Gasteiger partial charge < -0.3 is 4.90 Å². The highest BCUT2D eigenvalue weighted by molar-refractivity contribution is 7.99. The van der Waals surface area contributed by atoms with Gasteiger partial charge >= 0.3 is 0 Å². The molecule has 1 heterocycles. The number of carbonyl (C=O) groups excluding carboxylic acids is 1. The van der Waals surface area contributed by atoms with Gasteiger partial charge in [0.25, 0.3) is 0 Å². The van der Waals surface area contributed by atoms with Gasteiger partial charge in [-0.15, -0.1) is 11.8 Å². The van der Waals surface area contributed by atoms with Crippen LogP contribution in [0.1, 0.15) is 18.4 Å². The second-order valence-corrected chi connectivity index (χ2v) is 5.24. The number of hydrogen-bond donors (Lipinski definition) is 0. The van der Waals surface area contributed by atoms with Gasteiger partial charge in [0.05, 0.1) is 5.69 Å². The van der Waals surface area contributed by atoms with Gasteiger partial charge in [-0.3, -0.25) is 4.79 Å². The molecule has 0 fully saturated rings. The van der Waals surface area contributed by atoms with Gasteiger partial charge in [-0.2, -0.15) is 0 Å². The number of thioether (sulfide) groups is 1. The van der Waals surface area contributed by atoms with E-state index in [0.717, 1.165) is 17.9 Å². The van der Waals surface area contributed by atoms with Crippen LogP contribution in [0.3, 0.4) is 0 Å². The molecule has 2 nitrogen and oxygen atoms in total. The Bertz CT molecular complexity index is 408. The lowest BCUT2D eigenvalue weighted by molar-refractivity contribution is -0.107. The number of hydrogen-bond acceptors (Lipinski definition) is 2. The minimum Gasteiger partial charge on any atom is -0.317 e. The summed E-state index contributed by atoms with van der Waals surface area (Å²) in [5.41, 5.74) is 2.18. The average molecular weight is 242 g/mol. The third-order valence-corrected chi connectivity index (χ3v) is 4.23. The summed E-state index contributed by atoms with van der Waals surface area (Å²) in [5.74, 6) is 1.58. The summed E-state index contributed by atoms with van der Waals surface area (Å²) in [5, 5.41) is 0.701. The van der Waals surface area contributed by atoms with Crippen molar-refractivity contribution in [3.05, 3.63) is 22.7 Å². The van der Waals surface area contributed by atoms with E-state index in [1.165, 1.54) is 10.5 Å². The summed E-state index contributed by atoms with van der Waals surface area (Å²) in [6.45, 7) is 2.18. The first-order chi connectivity index (χ1) is 7.13. The number of anilines is 1. The molecule has 4 heteroatoms. The maximum atomic E-state index is 10.8. The van der Waals surface area contributed by atoms with Crippen molar-refractivity contribution in [2.24, 2.45) is 0 Å². The molecule has 80 valence electrons. The lowest BCUT2D eigenvalue weighted by Gasteiger charge is -2.16. The van der Waals surface area contributed by atoms with E-state index < -0.39 is 0 Å². The molecule has 0 radical (unpaired) electrons. The summed E-state index contributed by atoms with van der Waals surface area (Å²) in [4.78, 5) is 13.5. The molecule has 0 bridgehead atoms. The Morgan fingerprint density at radius 2 is 2.33 bits per heavy atom. The van der Waals surface area contributed by atoms with E-state index in [9.17, 15) is 4.79 Å². The molecule has 0 saturated carbocycles.